The highest BCUT2D eigenvalue weighted by Gasteiger charge is 2.30. The van der Waals surface area contributed by atoms with Crippen molar-refractivity contribution >= 4 is 29.0 Å². The van der Waals surface area contributed by atoms with Gasteiger partial charge >= 0.3 is 6.03 Å². The first kappa shape index (κ1) is 9.34. The molecule has 0 N–H and O–H groups in total. The summed E-state index contributed by atoms with van der Waals surface area (Å²) < 4.78 is 0. The van der Waals surface area contributed by atoms with E-state index in [1.54, 1.807) is 17.0 Å². The topological polar surface area (TPSA) is 34.4 Å². The van der Waals surface area contributed by atoms with E-state index in [9.17, 15) is 4.79 Å². The van der Waals surface area contributed by atoms with E-state index >= 15 is 0 Å². The molecule has 0 saturated heterocycles. The number of amides is 2. The maximum absolute atomic E-state index is 11.5. The third-order valence-electron chi connectivity index (χ3n) is 2.14. The van der Waals surface area contributed by atoms with Gasteiger partial charge < -0.3 is 0 Å². The molecule has 1 radical (unpaired) electrons. The maximum Gasteiger partial charge on any atom is 0.348 e. The van der Waals surface area contributed by atoms with E-state index in [0.717, 1.165) is 5.69 Å². The number of benzene rings is 1. The van der Waals surface area contributed by atoms with Gasteiger partial charge in [0.05, 0.1) is 11.4 Å². The van der Waals surface area contributed by atoms with Crippen LogP contribution < -0.4 is 10.2 Å². The number of anilines is 1. The van der Waals surface area contributed by atoms with E-state index in [4.69, 9.17) is 11.6 Å². The lowest BCUT2D eigenvalue weighted by Crippen LogP contribution is -2.34. The third kappa shape index (κ3) is 1.34. The molecule has 4 heteroatoms. The summed E-state index contributed by atoms with van der Waals surface area (Å²) in [5.74, 6) is 0. The number of carbonyl (C=O) groups excluding carboxylic acids is 1. The predicted octanol–water partition coefficient (Wildman–Crippen LogP) is 2.92. The summed E-state index contributed by atoms with van der Waals surface area (Å²) >= 11 is 5.81. The van der Waals surface area contributed by atoms with Gasteiger partial charge in [-0.25, -0.2) is 4.79 Å². The smallest absolute Gasteiger partial charge is 0.288 e. The van der Waals surface area contributed by atoms with Crippen LogP contribution in [0.15, 0.2) is 18.2 Å². The fraction of sp³-hybridized carbons (Fsp3) is 0.300. The molecule has 0 bridgehead atoms. The van der Waals surface area contributed by atoms with Crippen molar-refractivity contribution in [3.63, 3.8) is 0 Å². The molecule has 14 heavy (non-hydrogen) atoms. The minimum Gasteiger partial charge on any atom is -0.288 e. The van der Waals surface area contributed by atoms with Crippen molar-refractivity contribution < 1.29 is 4.79 Å². The Labute approximate surface area is 87.7 Å². The molecular formula is C10H10ClN2O. The van der Waals surface area contributed by atoms with Gasteiger partial charge in [0.1, 0.15) is 0 Å². The molecule has 0 spiro atoms. The number of carbonyl (C=O) groups is 1. The van der Waals surface area contributed by atoms with Gasteiger partial charge in [-0.1, -0.05) is 11.6 Å². The average Bonchev–Trinajstić information content (AvgIpc) is 2.39. The number of rotatable bonds is 1. The second-order valence-corrected chi connectivity index (χ2v) is 3.93. The largest absolute Gasteiger partial charge is 0.348 e. The van der Waals surface area contributed by atoms with Gasteiger partial charge in [-0.2, -0.15) is 5.32 Å². The molecule has 0 aromatic heterocycles. The normalized spacial score (nSPS) is 14.6. The summed E-state index contributed by atoms with van der Waals surface area (Å²) in [4.78, 5) is 13.2. The molecule has 73 valence electrons. The van der Waals surface area contributed by atoms with Crippen molar-refractivity contribution in [1.82, 2.24) is 5.32 Å². The van der Waals surface area contributed by atoms with Gasteiger partial charge in [-0.05, 0) is 32.0 Å². The van der Waals surface area contributed by atoms with Crippen LogP contribution in [0, 0.1) is 0 Å². The average molecular weight is 210 g/mol. The number of urea groups is 1. The Balaban J connectivity index is 2.48. The van der Waals surface area contributed by atoms with Crippen LogP contribution in [0.1, 0.15) is 13.8 Å². The van der Waals surface area contributed by atoms with Crippen molar-refractivity contribution in [2.24, 2.45) is 0 Å². The van der Waals surface area contributed by atoms with E-state index in [1.807, 2.05) is 19.9 Å². The summed E-state index contributed by atoms with van der Waals surface area (Å²) in [6.45, 7) is 3.91. The second kappa shape index (κ2) is 3.17. The van der Waals surface area contributed by atoms with Crippen LogP contribution in [-0.2, 0) is 0 Å². The molecule has 0 fully saturated rings. The molecule has 1 heterocycles. The highest BCUT2D eigenvalue weighted by molar-refractivity contribution is 6.31. The minimum absolute atomic E-state index is 0.119. The summed E-state index contributed by atoms with van der Waals surface area (Å²) in [5.41, 5.74) is 1.51. The number of fused-ring (bicyclic) bond motifs is 1. The van der Waals surface area contributed by atoms with Gasteiger partial charge in [-0.3, -0.25) is 4.90 Å². The summed E-state index contributed by atoms with van der Waals surface area (Å²) in [7, 11) is 0. The van der Waals surface area contributed by atoms with E-state index in [2.05, 4.69) is 5.32 Å². The Morgan fingerprint density at radius 2 is 2.14 bits per heavy atom. The third-order valence-corrected chi connectivity index (χ3v) is 2.37. The van der Waals surface area contributed by atoms with Crippen LogP contribution in [0.2, 0.25) is 5.02 Å². The zero-order valence-corrected chi connectivity index (χ0v) is 8.75. The molecule has 1 aliphatic heterocycles. The Morgan fingerprint density at radius 3 is 2.79 bits per heavy atom. The molecule has 3 nitrogen and oxygen atoms in total. The molecule has 2 rings (SSSR count). The molecular weight excluding hydrogens is 200 g/mol. The standard InChI is InChI=1S/C10H10ClN2O/c1-6(2)13-9-4-3-7(11)5-8(9)12-10(13)14/h3-6H,1-2H3. The lowest BCUT2D eigenvalue weighted by Gasteiger charge is -2.19. The van der Waals surface area contributed by atoms with Gasteiger partial charge in [0, 0.05) is 11.1 Å². The molecule has 2 amide bonds. The molecule has 1 aromatic carbocycles. The SMILES string of the molecule is CC(C)N1C(=O)[N]c2cc(Cl)ccc21. The van der Waals surface area contributed by atoms with E-state index in [1.165, 1.54) is 0 Å². The van der Waals surface area contributed by atoms with Gasteiger partial charge in [-0.15, -0.1) is 0 Å². The number of halogens is 1. The van der Waals surface area contributed by atoms with Crippen LogP contribution in [0.3, 0.4) is 0 Å². The second-order valence-electron chi connectivity index (χ2n) is 3.49. The Morgan fingerprint density at radius 1 is 1.43 bits per heavy atom. The van der Waals surface area contributed by atoms with Crippen molar-refractivity contribution in [3.05, 3.63) is 23.2 Å². The first-order valence-corrected chi connectivity index (χ1v) is 4.82. The molecule has 0 aliphatic carbocycles. The summed E-state index contributed by atoms with van der Waals surface area (Å²) in [6, 6.07) is 5.21. The highest BCUT2D eigenvalue weighted by Crippen LogP contribution is 2.35. The predicted molar refractivity (Wildman–Crippen MR) is 56.3 cm³/mol. The van der Waals surface area contributed by atoms with Crippen LogP contribution in [0.25, 0.3) is 0 Å². The van der Waals surface area contributed by atoms with Crippen molar-refractivity contribution in [1.29, 1.82) is 0 Å². The van der Waals surface area contributed by atoms with E-state index in [0.29, 0.717) is 10.7 Å². The first-order chi connectivity index (χ1) is 6.59. The van der Waals surface area contributed by atoms with Crippen molar-refractivity contribution in [2.45, 2.75) is 19.9 Å². The number of hydrogen-bond acceptors (Lipinski definition) is 1. The lowest BCUT2D eigenvalue weighted by atomic mass is 10.2. The zero-order valence-electron chi connectivity index (χ0n) is 7.99. The van der Waals surface area contributed by atoms with E-state index < -0.39 is 0 Å². The molecule has 1 aromatic rings. The Bertz CT molecular complexity index is 390. The van der Waals surface area contributed by atoms with Crippen molar-refractivity contribution in [3.8, 4) is 0 Å². The fourth-order valence-corrected chi connectivity index (χ4v) is 1.72. The minimum atomic E-state index is -0.211. The molecule has 0 saturated carbocycles. The summed E-state index contributed by atoms with van der Waals surface area (Å²) in [5, 5.41) is 4.52. The Kier molecular flexibility index (Phi) is 2.11. The van der Waals surface area contributed by atoms with Gasteiger partial charge in [0.2, 0.25) is 0 Å². The monoisotopic (exact) mass is 209 g/mol. The quantitative estimate of drug-likeness (QED) is 0.700. The number of nitrogens with zero attached hydrogens (tertiary/aromatic N) is 2. The molecule has 0 atom stereocenters. The van der Waals surface area contributed by atoms with Gasteiger partial charge in [0.15, 0.2) is 0 Å². The van der Waals surface area contributed by atoms with Crippen molar-refractivity contribution in [2.75, 3.05) is 4.90 Å². The number of hydrogen-bond donors (Lipinski definition) is 0. The lowest BCUT2D eigenvalue weighted by molar-refractivity contribution is 0.249. The van der Waals surface area contributed by atoms with Crippen LogP contribution in [0.5, 0.6) is 0 Å². The fourth-order valence-electron chi connectivity index (χ4n) is 1.55. The first-order valence-electron chi connectivity index (χ1n) is 4.44. The molecule has 0 unspecified atom stereocenters. The van der Waals surface area contributed by atoms with Crippen LogP contribution in [-0.4, -0.2) is 12.1 Å². The highest BCUT2D eigenvalue weighted by atomic mass is 35.5. The van der Waals surface area contributed by atoms with Gasteiger partial charge in [0.25, 0.3) is 0 Å². The van der Waals surface area contributed by atoms with E-state index in [-0.39, 0.29) is 12.1 Å². The van der Waals surface area contributed by atoms with Crippen LogP contribution >= 0.6 is 11.6 Å². The summed E-state index contributed by atoms with van der Waals surface area (Å²) in [6.07, 6.45) is 0. The maximum atomic E-state index is 11.5. The molecule has 1 aliphatic rings. The van der Waals surface area contributed by atoms with Crippen LogP contribution in [0.4, 0.5) is 16.2 Å². The zero-order chi connectivity index (χ0) is 10.3. The Hall–Kier alpha value is -1.22.